The highest BCUT2D eigenvalue weighted by molar-refractivity contribution is 5.82. The third kappa shape index (κ3) is 3.74. The van der Waals surface area contributed by atoms with Crippen molar-refractivity contribution in [3.05, 3.63) is 87.5 Å². The molecule has 0 radical (unpaired) electrons. The van der Waals surface area contributed by atoms with E-state index in [0.29, 0.717) is 29.8 Å². The second-order valence-electron chi connectivity index (χ2n) is 7.73. The Morgan fingerprint density at radius 1 is 1.06 bits per heavy atom. The predicted octanol–water partition coefficient (Wildman–Crippen LogP) is 4.50. The van der Waals surface area contributed by atoms with Crippen molar-refractivity contribution < 1.29 is 13.2 Å². The molecule has 3 heterocycles. The number of halogens is 3. The maximum atomic E-state index is 12.8. The van der Waals surface area contributed by atoms with Gasteiger partial charge in [0.25, 0.3) is 5.56 Å². The number of hydrogen-bond donors (Lipinski definition) is 2. The predicted molar refractivity (Wildman–Crippen MR) is 111 cm³/mol. The van der Waals surface area contributed by atoms with Gasteiger partial charge in [-0.15, -0.1) is 0 Å². The third-order valence-electron chi connectivity index (χ3n) is 5.72. The Morgan fingerprint density at radius 2 is 1.87 bits per heavy atom. The molecule has 0 amide bonds. The molecule has 8 heteroatoms. The van der Waals surface area contributed by atoms with E-state index in [1.165, 1.54) is 17.7 Å². The fraction of sp³-hybridized carbons (Fsp3) is 0.217. The van der Waals surface area contributed by atoms with Gasteiger partial charge in [-0.05, 0) is 36.2 Å². The van der Waals surface area contributed by atoms with Gasteiger partial charge in [0.15, 0.2) is 0 Å². The Hall–Kier alpha value is -3.39. The van der Waals surface area contributed by atoms with Crippen LogP contribution in [0.25, 0.3) is 22.3 Å². The van der Waals surface area contributed by atoms with Crippen LogP contribution in [0.2, 0.25) is 0 Å². The second kappa shape index (κ2) is 7.39. The van der Waals surface area contributed by atoms with Crippen LogP contribution in [0.5, 0.6) is 0 Å². The van der Waals surface area contributed by atoms with Crippen LogP contribution in [-0.2, 0) is 25.7 Å². The molecule has 0 saturated carbocycles. The van der Waals surface area contributed by atoms with Crippen LogP contribution < -0.4 is 5.56 Å². The molecule has 0 spiro atoms. The molecule has 1 aliphatic rings. The minimum atomic E-state index is -4.40. The number of hydrogen-bond acceptors (Lipinski definition) is 3. The average molecular weight is 424 g/mol. The first-order chi connectivity index (χ1) is 14.9. The van der Waals surface area contributed by atoms with Crippen LogP contribution in [0.3, 0.4) is 0 Å². The number of aromatic nitrogens is 3. The summed E-state index contributed by atoms with van der Waals surface area (Å²) in [5.41, 5.74) is 3.07. The van der Waals surface area contributed by atoms with Gasteiger partial charge in [-0.2, -0.15) is 13.2 Å². The van der Waals surface area contributed by atoms with Crippen molar-refractivity contribution in [3.8, 4) is 11.4 Å². The SMILES string of the molecule is O=c1[nH]c(-c2ccc(C(F)(F)F)cc2)nc2c1CCN(Cc1cccc3[nH]ccc13)C2. The van der Waals surface area contributed by atoms with E-state index in [-0.39, 0.29) is 11.4 Å². The van der Waals surface area contributed by atoms with Crippen LogP contribution in [-0.4, -0.2) is 26.4 Å². The van der Waals surface area contributed by atoms with E-state index >= 15 is 0 Å². The molecule has 4 aromatic rings. The minimum absolute atomic E-state index is 0.229. The van der Waals surface area contributed by atoms with Gasteiger partial charge < -0.3 is 9.97 Å². The summed E-state index contributed by atoms with van der Waals surface area (Å²) in [7, 11) is 0. The summed E-state index contributed by atoms with van der Waals surface area (Å²) in [6, 6.07) is 12.8. The van der Waals surface area contributed by atoms with Crippen molar-refractivity contribution in [2.45, 2.75) is 25.7 Å². The number of aromatic amines is 2. The molecule has 0 bridgehead atoms. The first kappa shape index (κ1) is 19.6. The monoisotopic (exact) mass is 424 g/mol. The maximum absolute atomic E-state index is 12.8. The topological polar surface area (TPSA) is 64.8 Å². The van der Waals surface area contributed by atoms with Crippen LogP contribution in [0.15, 0.2) is 59.5 Å². The number of fused-ring (bicyclic) bond motifs is 2. The summed E-state index contributed by atoms with van der Waals surface area (Å²) in [4.78, 5) is 25.4. The van der Waals surface area contributed by atoms with Crippen LogP contribution in [0, 0.1) is 0 Å². The van der Waals surface area contributed by atoms with Gasteiger partial charge in [0, 0.05) is 47.9 Å². The van der Waals surface area contributed by atoms with E-state index in [9.17, 15) is 18.0 Å². The van der Waals surface area contributed by atoms with Crippen molar-refractivity contribution in [3.63, 3.8) is 0 Å². The van der Waals surface area contributed by atoms with Gasteiger partial charge >= 0.3 is 6.18 Å². The number of nitrogens with one attached hydrogen (secondary N) is 2. The zero-order valence-electron chi connectivity index (χ0n) is 16.5. The molecule has 2 aromatic heterocycles. The lowest BCUT2D eigenvalue weighted by Gasteiger charge is -2.28. The number of rotatable bonds is 3. The Bertz CT molecular complexity index is 1310. The highest BCUT2D eigenvalue weighted by atomic mass is 19.4. The number of alkyl halides is 3. The lowest BCUT2D eigenvalue weighted by molar-refractivity contribution is -0.137. The molecule has 158 valence electrons. The third-order valence-corrected chi connectivity index (χ3v) is 5.72. The zero-order valence-corrected chi connectivity index (χ0v) is 16.5. The minimum Gasteiger partial charge on any atom is -0.361 e. The molecule has 0 unspecified atom stereocenters. The first-order valence-electron chi connectivity index (χ1n) is 9.95. The fourth-order valence-corrected chi connectivity index (χ4v) is 4.11. The van der Waals surface area contributed by atoms with Gasteiger partial charge in [-0.1, -0.05) is 24.3 Å². The lowest BCUT2D eigenvalue weighted by Crippen LogP contribution is -2.35. The fourth-order valence-electron chi connectivity index (χ4n) is 4.11. The Balaban J connectivity index is 1.42. The zero-order chi connectivity index (χ0) is 21.6. The Morgan fingerprint density at radius 3 is 2.65 bits per heavy atom. The van der Waals surface area contributed by atoms with E-state index < -0.39 is 11.7 Å². The summed E-state index contributed by atoms with van der Waals surface area (Å²) in [6.45, 7) is 1.96. The van der Waals surface area contributed by atoms with Crippen LogP contribution >= 0.6 is 0 Å². The van der Waals surface area contributed by atoms with Crippen LogP contribution in [0.4, 0.5) is 13.2 Å². The molecule has 0 aliphatic carbocycles. The number of benzene rings is 2. The van der Waals surface area contributed by atoms with E-state index in [4.69, 9.17) is 0 Å². The highest BCUT2D eigenvalue weighted by Gasteiger charge is 2.30. The van der Waals surface area contributed by atoms with Crippen molar-refractivity contribution in [2.75, 3.05) is 6.54 Å². The summed E-state index contributed by atoms with van der Waals surface area (Å²) in [5.74, 6) is 0.284. The number of nitrogens with zero attached hydrogens (tertiary/aromatic N) is 2. The molecule has 0 atom stereocenters. The summed E-state index contributed by atoms with van der Waals surface area (Å²) in [6.07, 6.45) is -1.91. The summed E-state index contributed by atoms with van der Waals surface area (Å²) >= 11 is 0. The van der Waals surface area contributed by atoms with E-state index in [1.807, 2.05) is 24.4 Å². The first-order valence-corrected chi connectivity index (χ1v) is 9.95. The van der Waals surface area contributed by atoms with Gasteiger partial charge in [0.1, 0.15) is 5.82 Å². The normalized spacial score (nSPS) is 14.7. The molecule has 1 aliphatic heterocycles. The van der Waals surface area contributed by atoms with Crippen molar-refractivity contribution in [1.82, 2.24) is 19.9 Å². The van der Waals surface area contributed by atoms with Gasteiger partial charge in [0.05, 0.1) is 11.3 Å². The summed E-state index contributed by atoms with van der Waals surface area (Å²) in [5, 5.41) is 1.16. The largest absolute Gasteiger partial charge is 0.416 e. The standard InChI is InChI=1S/C23H19F3N4O/c24-23(25,26)16-6-4-14(5-7-16)21-28-20-13-30(11-9-18(20)22(31)29-21)12-15-2-1-3-19-17(15)8-10-27-19/h1-8,10,27H,9,11-13H2,(H,28,29,31). The lowest BCUT2D eigenvalue weighted by atomic mass is 10.0. The molecule has 5 nitrogen and oxygen atoms in total. The van der Waals surface area contributed by atoms with Gasteiger partial charge in [-0.3, -0.25) is 9.69 Å². The van der Waals surface area contributed by atoms with Crippen molar-refractivity contribution in [1.29, 1.82) is 0 Å². The molecule has 0 fully saturated rings. The molecular formula is C23H19F3N4O. The molecular weight excluding hydrogens is 405 g/mol. The highest BCUT2D eigenvalue weighted by Crippen LogP contribution is 2.30. The summed E-state index contributed by atoms with van der Waals surface area (Å²) < 4.78 is 38.5. The van der Waals surface area contributed by atoms with Crippen molar-refractivity contribution >= 4 is 10.9 Å². The van der Waals surface area contributed by atoms with E-state index in [1.54, 1.807) is 0 Å². The molecule has 2 aromatic carbocycles. The molecule has 0 saturated heterocycles. The van der Waals surface area contributed by atoms with Crippen molar-refractivity contribution in [2.24, 2.45) is 0 Å². The second-order valence-corrected chi connectivity index (χ2v) is 7.73. The quantitative estimate of drug-likeness (QED) is 0.509. The van der Waals surface area contributed by atoms with E-state index in [0.717, 1.165) is 36.1 Å². The molecule has 5 rings (SSSR count). The van der Waals surface area contributed by atoms with Gasteiger partial charge in [0.2, 0.25) is 0 Å². The average Bonchev–Trinajstić information content (AvgIpc) is 3.23. The number of H-pyrrole nitrogens is 2. The molecule has 2 N–H and O–H groups in total. The van der Waals surface area contributed by atoms with Crippen LogP contribution in [0.1, 0.15) is 22.4 Å². The molecule has 31 heavy (non-hydrogen) atoms. The van der Waals surface area contributed by atoms with Gasteiger partial charge in [-0.25, -0.2) is 4.98 Å². The Kier molecular flexibility index (Phi) is 4.66. The van der Waals surface area contributed by atoms with E-state index in [2.05, 4.69) is 25.9 Å². The smallest absolute Gasteiger partial charge is 0.361 e. The Labute approximate surface area is 175 Å². The maximum Gasteiger partial charge on any atom is 0.416 e.